The SMILES string of the molecule is CC1CCN(c2cc(Cl)c(Cl)cc2N)CC1C. The Kier molecular flexibility index (Phi) is 3.74. The van der Waals surface area contributed by atoms with E-state index in [4.69, 9.17) is 28.9 Å². The lowest BCUT2D eigenvalue weighted by Crippen LogP contribution is -2.38. The van der Waals surface area contributed by atoms with Crippen molar-refractivity contribution >= 4 is 34.6 Å². The number of halogens is 2. The van der Waals surface area contributed by atoms with E-state index in [2.05, 4.69) is 18.7 Å². The predicted octanol–water partition coefficient (Wildman–Crippen LogP) is 4.06. The van der Waals surface area contributed by atoms with Crippen LogP contribution in [-0.4, -0.2) is 13.1 Å². The summed E-state index contributed by atoms with van der Waals surface area (Å²) in [4.78, 5) is 2.31. The van der Waals surface area contributed by atoms with Crippen LogP contribution in [0.3, 0.4) is 0 Å². The number of piperidine rings is 1. The minimum Gasteiger partial charge on any atom is -0.397 e. The lowest BCUT2D eigenvalue weighted by atomic mass is 9.88. The van der Waals surface area contributed by atoms with Gasteiger partial charge in [-0.2, -0.15) is 0 Å². The molecule has 2 nitrogen and oxygen atoms in total. The summed E-state index contributed by atoms with van der Waals surface area (Å²) in [5.41, 5.74) is 7.74. The third-order valence-electron chi connectivity index (χ3n) is 3.74. The zero-order chi connectivity index (χ0) is 12.6. The fourth-order valence-electron chi connectivity index (χ4n) is 2.31. The molecule has 0 saturated carbocycles. The normalized spacial score (nSPS) is 25.1. The molecule has 0 aliphatic carbocycles. The third kappa shape index (κ3) is 2.63. The summed E-state index contributed by atoms with van der Waals surface area (Å²) in [6.07, 6.45) is 1.20. The highest BCUT2D eigenvalue weighted by Crippen LogP contribution is 2.35. The Morgan fingerprint density at radius 1 is 1.18 bits per heavy atom. The lowest BCUT2D eigenvalue weighted by molar-refractivity contribution is 0.324. The van der Waals surface area contributed by atoms with Gasteiger partial charge in [-0.3, -0.25) is 0 Å². The van der Waals surface area contributed by atoms with Crippen molar-refractivity contribution in [2.24, 2.45) is 11.8 Å². The number of nitrogens with two attached hydrogens (primary N) is 1. The van der Waals surface area contributed by atoms with Crippen LogP contribution >= 0.6 is 23.2 Å². The van der Waals surface area contributed by atoms with Crippen LogP contribution in [0, 0.1) is 11.8 Å². The molecular weight excluding hydrogens is 255 g/mol. The van der Waals surface area contributed by atoms with Gasteiger partial charge in [0.25, 0.3) is 0 Å². The number of benzene rings is 1. The van der Waals surface area contributed by atoms with Crippen molar-refractivity contribution in [2.75, 3.05) is 23.7 Å². The van der Waals surface area contributed by atoms with E-state index in [1.54, 1.807) is 6.07 Å². The monoisotopic (exact) mass is 272 g/mol. The molecule has 94 valence electrons. The maximum absolute atomic E-state index is 6.06. The van der Waals surface area contributed by atoms with E-state index in [0.717, 1.165) is 24.7 Å². The first-order valence-electron chi connectivity index (χ1n) is 5.98. The number of anilines is 2. The molecule has 1 aliphatic heterocycles. The number of hydrogen-bond acceptors (Lipinski definition) is 2. The lowest BCUT2D eigenvalue weighted by Gasteiger charge is -2.37. The zero-order valence-corrected chi connectivity index (χ0v) is 11.7. The highest BCUT2D eigenvalue weighted by atomic mass is 35.5. The van der Waals surface area contributed by atoms with Gasteiger partial charge < -0.3 is 10.6 Å². The Bertz CT molecular complexity index is 420. The van der Waals surface area contributed by atoms with Crippen LogP contribution in [0.2, 0.25) is 10.0 Å². The minimum atomic E-state index is 0.520. The third-order valence-corrected chi connectivity index (χ3v) is 4.47. The van der Waals surface area contributed by atoms with Gasteiger partial charge in [-0.25, -0.2) is 0 Å². The molecule has 0 bridgehead atoms. The maximum Gasteiger partial charge on any atom is 0.0616 e. The van der Waals surface area contributed by atoms with Crippen molar-refractivity contribution in [3.8, 4) is 0 Å². The average molecular weight is 273 g/mol. The van der Waals surface area contributed by atoms with Gasteiger partial charge in [-0.1, -0.05) is 37.0 Å². The molecule has 1 aromatic rings. The first-order chi connectivity index (χ1) is 7.99. The number of nitrogen functional groups attached to an aromatic ring is 1. The molecule has 2 rings (SSSR count). The molecule has 2 N–H and O–H groups in total. The van der Waals surface area contributed by atoms with Crippen LogP contribution in [-0.2, 0) is 0 Å². The number of rotatable bonds is 1. The van der Waals surface area contributed by atoms with Gasteiger partial charge in [0, 0.05) is 13.1 Å². The summed E-state index contributed by atoms with van der Waals surface area (Å²) in [6.45, 7) is 6.65. The van der Waals surface area contributed by atoms with E-state index in [1.165, 1.54) is 6.42 Å². The summed E-state index contributed by atoms with van der Waals surface area (Å²) in [6, 6.07) is 3.61. The van der Waals surface area contributed by atoms with Crippen LogP contribution < -0.4 is 10.6 Å². The Morgan fingerprint density at radius 3 is 2.47 bits per heavy atom. The van der Waals surface area contributed by atoms with Crippen molar-refractivity contribution < 1.29 is 0 Å². The summed E-state index contributed by atoms with van der Waals surface area (Å²) < 4.78 is 0. The molecule has 1 fully saturated rings. The van der Waals surface area contributed by atoms with Crippen molar-refractivity contribution in [1.29, 1.82) is 0 Å². The first kappa shape index (κ1) is 12.8. The van der Waals surface area contributed by atoms with E-state index in [1.807, 2.05) is 6.07 Å². The molecule has 1 aliphatic rings. The summed E-state index contributed by atoms with van der Waals surface area (Å²) in [7, 11) is 0. The van der Waals surface area contributed by atoms with Gasteiger partial charge in [0.05, 0.1) is 21.4 Å². The standard InChI is InChI=1S/C13H18Cl2N2/c1-8-3-4-17(7-9(8)2)13-6-11(15)10(14)5-12(13)16/h5-6,8-9H,3-4,7,16H2,1-2H3. The topological polar surface area (TPSA) is 29.3 Å². The fraction of sp³-hybridized carbons (Fsp3) is 0.538. The average Bonchev–Trinajstić information content (AvgIpc) is 2.27. The molecule has 17 heavy (non-hydrogen) atoms. The van der Waals surface area contributed by atoms with E-state index in [-0.39, 0.29) is 0 Å². The maximum atomic E-state index is 6.06. The molecule has 2 unspecified atom stereocenters. The second-order valence-corrected chi connectivity index (χ2v) is 5.83. The predicted molar refractivity (Wildman–Crippen MR) is 76.0 cm³/mol. The van der Waals surface area contributed by atoms with Crippen LogP contribution in [0.15, 0.2) is 12.1 Å². The van der Waals surface area contributed by atoms with E-state index in [9.17, 15) is 0 Å². The van der Waals surface area contributed by atoms with Gasteiger partial charge in [0.15, 0.2) is 0 Å². The Morgan fingerprint density at radius 2 is 1.82 bits per heavy atom. The Balaban J connectivity index is 2.26. The quantitative estimate of drug-likeness (QED) is 0.782. The molecule has 0 radical (unpaired) electrons. The van der Waals surface area contributed by atoms with E-state index < -0.39 is 0 Å². The van der Waals surface area contributed by atoms with Gasteiger partial charge in [-0.05, 0) is 30.4 Å². The second-order valence-electron chi connectivity index (χ2n) is 5.01. The zero-order valence-electron chi connectivity index (χ0n) is 10.2. The van der Waals surface area contributed by atoms with Gasteiger partial charge in [-0.15, -0.1) is 0 Å². The summed E-state index contributed by atoms with van der Waals surface area (Å²) >= 11 is 12.0. The molecule has 2 atom stereocenters. The molecule has 0 amide bonds. The van der Waals surface area contributed by atoms with Crippen molar-refractivity contribution in [2.45, 2.75) is 20.3 Å². The molecule has 1 saturated heterocycles. The Labute approximate surface area is 113 Å². The van der Waals surface area contributed by atoms with Crippen molar-refractivity contribution in [1.82, 2.24) is 0 Å². The van der Waals surface area contributed by atoms with Crippen LogP contribution in [0.5, 0.6) is 0 Å². The first-order valence-corrected chi connectivity index (χ1v) is 6.74. The molecule has 0 spiro atoms. The van der Waals surface area contributed by atoms with Crippen LogP contribution in [0.1, 0.15) is 20.3 Å². The van der Waals surface area contributed by atoms with E-state index >= 15 is 0 Å². The summed E-state index contributed by atoms with van der Waals surface area (Å²) in [5.74, 6) is 1.45. The van der Waals surface area contributed by atoms with Crippen LogP contribution in [0.25, 0.3) is 0 Å². The molecule has 1 aromatic carbocycles. The van der Waals surface area contributed by atoms with Crippen molar-refractivity contribution in [3.05, 3.63) is 22.2 Å². The smallest absolute Gasteiger partial charge is 0.0616 e. The molecular formula is C13H18Cl2N2. The van der Waals surface area contributed by atoms with Gasteiger partial charge in [0.2, 0.25) is 0 Å². The molecule has 0 aromatic heterocycles. The highest BCUT2D eigenvalue weighted by molar-refractivity contribution is 6.42. The highest BCUT2D eigenvalue weighted by Gasteiger charge is 2.24. The summed E-state index contributed by atoms with van der Waals surface area (Å²) in [5, 5.41) is 1.09. The van der Waals surface area contributed by atoms with Gasteiger partial charge in [0.1, 0.15) is 0 Å². The second kappa shape index (κ2) is 4.95. The molecule has 4 heteroatoms. The number of hydrogen-bond donors (Lipinski definition) is 1. The Hall–Kier alpha value is -0.600. The fourth-order valence-corrected chi connectivity index (χ4v) is 2.64. The largest absolute Gasteiger partial charge is 0.397 e. The van der Waals surface area contributed by atoms with E-state index in [0.29, 0.717) is 21.7 Å². The minimum absolute atomic E-state index is 0.520. The number of nitrogens with zero attached hydrogens (tertiary/aromatic N) is 1. The van der Waals surface area contributed by atoms with Gasteiger partial charge >= 0.3 is 0 Å². The molecule has 1 heterocycles. The van der Waals surface area contributed by atoms with Crippen molar-refractivity contribution in [3.63, 3.8) is 0 Å². The van der Waals surface area contributed by atoms with Crippen LogP contribution in [0.4, 0.5) is 11.4 Å².